The molecule has 1 heterocycles. The zero-order valence-corrected chi connectivity index (χ0v) is 9.59. The molecule has 1 aromatic carbocycles. The molecule has 0 saturated heterocycles. The van der Waals surface area contributed by atoms with Crippen LogP contribution in [0.15, 0.2) is 40.1 Å². The Morgan fingerprint density at radius 2 is 2.00 bits per heavy atom. The first-order valence-corrected chi connectivity index (χ1v) is 5.30. The third-order valence-corrected chi connectivity index (χ3v) is 2.58. The first-order valence-electron chi connectivity index (χ1n) is 5.30. The zero-order valence-electron chi connectivity index (χ0n) is 9.59. The van der Waals surface area contributed by atoms with Crippen molar-refractivity contribution in [2.24, 2.45) is 0 Å². The quantitative estimate of drug-likeness (QED) is 0.840. The van der Waals surface area contributed by atoms with Crippen molar-refractivity contribution in [3.05, 3.63) is 68.2 Å². The molecule has 0 radical (unpaired) electrons. The number of hydrogen-bond donors (Lipinski definition) is 2. The lowest BCUT2D eigenvalue weighted by atomic mass is 10.2. The van der Waals surface area contributed by atoms with Crippen molar-refractivity contribution >= 4 is 5.97 Å². The van der Waals surface area contributed by atoms with E-state index in [2.05, 4.69) is 4.98 Å². The van der Waals surface area contributed by atoms with Crippen LogP contribution in [0.5, 0.6) is 0 Å². The summed E-state index contributed by atoms with van der Waals surface area (Å²) in [4.78, 5) is 36.2. The van der Waals surface area contributed by atoms with Crippen LogP contribution in [0.25, 0.3) is 0 Å². The van der Waals surface area contributed by atoms with Crippen molar-refractivity contribution in [3.8, 4) is 0 Å². The van der Waals surface area contributed by atoms with Gasteiger partial charge in [-0.2, -0.15) is 0 Å². The topological polar surface area (TPSA) is 92.2 Å². The summed E-state index contributed by atoms with van der Waals surface area (Å²) >= 11 is 0. The van der Waals surface area contributed by atoms with Crippen molar-refractivity contribution in [3.63, 3.8) is 0 Å². The monoisotopic (exact) mass is 264 g/mol. The van der Waals surface area contributed by atoms with E-state index in [-0.39, 0.29) is 12.1 Å². The van der Waals surface area contributed by atoms with E-state index in [1.807, 2.05) is 0 Å². The lowest BCUT2D eigenvalue weighted by Crippen LogP contribution is -2.38. The fourth-order valence-corrected chi connectivity index (χ4v) is 1.60. The highest BCUT2D eigenvalue weighted by Crippen LogP contribution is 2.06. The largest absolute Gasteiger partial charge is 0.477 e. The normalized spacial score (nSPS) is 10.4. The predicted molar refractivity (Wildman–Crippen MR) is 63.8 cm³/mol. The van der Waals surface area contributed by atoms with Crippen LogP contribution in [-0.2, 0) is 6.54 Å². The number of nitrogens with one attached hydrogen (secondary N) is 1. The van der Waals surface area contributed by atoms with E-state index in [1.54, 1.807) is 6.07 Å². The molecule has 0 bridgehead atoms. The average Bonchev–Trinajstić information content (AvgIpc) is 2.36. The second kappa shape index (κ2) is 4.89. The summed E-state index contributed by atoms with van der Waals surface area (Å²) in [6.07, 6.45) is 0.824. The maximum absolute atomic E-state index is 13.5. The van der Waals surface area contributed by atoms with Crippen molar-refractivity contribution in [2.75, 3.05) is 0 Å². The number of nitrogens with zero attached hydrogens (tertiary/aromatic N) is 1. The maximum Gasteiger partial charge on any atom is 0.342 e. The molecule has 0 fully saturated rings. The van der Waals surface area contributed by atoms with Gasteiger partial charge >= 0.3 is 11.7 Å². The van der Waals surface area contributed by atoms with Gasteiger partial charge in [0.1, 0.15) is 11.4 Å². The van der Waals surface area contributed by atoms with E-state index in [9.17, 15) is 18.8 Å². The Morgan fingerprint density at radius 1 is 1.32 bits per heavy atom. The van der Waals surface area contributed by atoms with Crippen LogP contribution in [0, 0.1) is 5.82 Å². The van der Waals surface area contributed by atoms with Gasteiger partial charge in [-0.3, -0.25) is 9.36 Å². The molecule has 2 N–H and O–H groups in total. The van der Waals surface area contributed by atoms with Gasteiger partial charge in [-0.25, -0.2) is 14.0 Å². The number of H-pyrrole nitrogens is 1. The van der Waals surface area contributed by atoms with E-state index in [1.165, 1.54) is 18.2 Å². The first kappa shape index (κ1) is 12.7. The lowest BCUT2D eigenvalue weighted by molar-refractivity contribution is 0.0693. The maximum atomic E-state index is 13.5. The van der Waals surface area contributed by atoms with Gasteiger partial charge in [0.05, 0.1) is 6.54 Å². The van der Waals surface area contributed by atoms with Gasteiger partial charge in [0.25, 0.3) is 5.56 Å². The van der Waals surface area contributed by atoms with Crippen LogP contribution < -0.4 is 11.2 Å². The highest BCUT2D eigenvalue weighted by molar-refractivity contribution is 5.86. The molecular weight excluding hydrogens is 255 g/mol. The molecule has 0 aliphatic rings. The Balaban J connectivity index is 2.55. The molecule has 0 aliphatic carbocycles. The number of carboxylic acid groups (broad SMARTS) is 1. The number of halogens is 1. The molecule has 98 valence electrons. The van der Waals surface area contributed by atoms with E-state index in [0.717, 1.165) is 6.20 Å². The molecular formula is C12H9FN2O4. The zero-order chi connectivity index (χ0) is 14.0. The van der Waals surface area contributed by atoms with Crippen molar-refractivity contribution in [1.29, 1.82) is 0 Å². The van der Waals surface area contributed by atoms with Gasteiger partial charge in [-0.15, -0.1) is 0 Å². The van der Waals surface area contributed by atoms with Crippen LogP contribution in [0.2, 0.25) is 0 Å². The summed E-state index contributed by atoms with van der Waals surface area (Å²) in [5.41, 5.74) is -2.22. The molecule has 7 heteroatoms. The van der Waals surface area contributed by atoms with Crippen molar-refractivity contribution < 1.29 is 14.3 Å². The van der Waals surface area contributed by atoms with E-state index < -0.39 is 28.6 Å². The molecule has 2 rings (SSSR count). The van der Waals surface area contributed by atoms with E-state index >= 15 is 0 Å². The number of rotatable bonds is 3. The number of carbonyl (C=O) groups is 1. The Labute approximate surface area is 105 Å². The van der Waals surface area contributed by atoms with Gasteiger partial charge in [-0.1, -0.05) is 18.2 Å². The summed E-state index contributed by atoms with van der Waals surface area (Å²) in [5, 5.41) is 8.79. The number of aromatic carboxylic acids is 1. The van der Waals surface area contributed by atoms with Gasteiger partial charge in [0.2, 0.25) is 0 Å². The Hall–Kier alpha value is -2.70. The van der Waals surface area contributed by atoms with E-state index in [0.29, 0.717) is 4.57 Å². The molecule has 0 saturated carbocycles. The minimum atomic E-state index is -1.46. The predicted octanol–water partition coefficient (Wildman–Crippen LogP) is 0.422. The molecule has 6 nitrogen and oxygen atoms in total. The van der Waals surface area contributed by atoms with Crippen molar-refractivity contribution in [1.82, 2.24) is 9.55 Å². The SMILES string of the molecule is O=C(O)c1c[nH]c(=O)n(Cc2ccccc2F)c1=O. The fraction of sp³-hybridized carbons (Fsp3) is 0.0833. The molecule has 0 aliphatic heterocycles. The number of aromatic amines is 1. The van der Waals surface area contributed by atoms with Gasteiger partial charge in [0.15, 0.2) is 0 Å². The number of benzene rings is 1. The minimum absolute atomic E-state index is 0.123. The van der Waals surface area contributed by atoms with Crippen LogP contribution in [0.3, 0.4) is 0 Å². The standard InChI is InChI=1S/C12H9FN2O4/c13-9-4-2-1-3-7(9)6-15-10(16)8(11(17)18)5-14-12(15)19/h1-5H,6H2,(H,14,19)(H,17,18). The minimum Gasteiger partial charge on any atom is -0.477 e. The number of carboxylic acids is 1. The smallest absolute Gasteiger partial charge is 0.342 e. The number of aromatic nitrogens is 2. The molecule has 0 unspecified atom stereocenters. The molecule has 1 aromatic heterocycles. The summed E-state index contributed by atoms with van der Waals surface area (Å²) in [6.45, 7) is -0.331. The van der Waals surface area contributed by atoms with Gasteiger partial charge in [0, 0.05) is 11.8 Å². The molecule has 0 atom stereocenters. The average molecular weight is 264 g/mol. The Morgan fingerprint density at radius 3 is 2.63 bits per heavy atom. The first-order chi connectivity index (χ1) is 9.00. The summed E-state index contributed by atoms with van der Waals surface area (Å²) < 4.78 is 14.1. The Kier molecular flexibility index (Phi) is 3.28. The van der Waals surface area contributed by atoms with Gasteiger partial charge < -0.3 is 10.1 Å². The highest BCUT2D eigenvalue weighted by Gasteiger charge is 2.14. The third kappa shape index (κ3) is 2.44. The van der Waals surface area contributed by atoms with Gasteiger partial charge in [-0.05, 0) is 6.07 Å². The van der Waals surface area contributed by atoms with Crippen LogP contribution in [0.4, 0.5) is 4.39 Å². The molecule has 0 amide bonds. The summed E-state index contributed by atoms with van der Waals surface area (Å²) in [7, 11) is 0. The molecule has 0 spiro atoms. The third-order valence-electron chi connectivity index (χ3n) is 2.58. The lowest BCUT2D eigenvalue weighted by Gasteiger charge is -2.06. The Bertz CT molecular complexity index is 748. The van der Waals surface area contributed by atoms with Crippen LogP contribution in [-0.4, -0.2) is 20.6 Å². The fourth-order valence-electron chi connectivity index (χ4n) is 1.60. The summed E-state index contributed by atoms with van der Waals surface area (Å²) in [6, 6.07) is 5.63. The number of hydrogen-bond acceptors (Lipinski definition) is 3. The van der Waals surface area contributed by atoms with E-state index in [4.69, 9.17) is 5.11 Å². The van der Waals surface area contributed by atoms with Crippen molar-refractivity contribution in [2.45, 2.75) is 6.54 Å². The van der Waals surface area contributed by atoms with Crippen LogP contribution in [0.1, 0.15) is 15.9 Å². The molecule has 2 aromatic rings. The van der Waals surface area contributed by atoms with Crippen LogP contribution >= 0.6 is 0 Å². The second-order valence-corrected chi connectivity index (χ2v) is 3.80. The summed E-state index contributed by atoms with van der Waals surface area (Å²) in [5.74, 6) is -2.03. The highest BCUT2D eigenvalue weighted by atomic mass is 19.1. The molecule has 19 heavy (non-hydrogen) atoms. The second-order valence-electron chi connectivity index (χ2n) is 3.80.